The highest BCUT2D eigenvalue weighted by atomic mass is 32.2. The lowest BCUT2D eigenvalue weighted by atomic mass is 10.1. The molecule has 0 spiro atoms. The Hall–Kier alpha value is -2.76. The Bertz CT molecular complexity index is 1020. The monoisotopic (exact) mass is 387 g/mol. The summed E-state index contributed by atoms with van der Waals surface area (Å²) in [5.41, 5.74) is 0.931. The fraction of sp³-hybridized carbons (Fsp3) is 0.263. The molecule has 8 heteroatoms. The quantitative estimate of drug-likeness (QED) is 0.753. The van der Waals surface area contributed by atoms with Gasteiger partial charge in [0.15, 0.2) is 5.78 Å². The molecule has 0 atom stereocenters. The number of hydrogen-bond acceptors (Lipinski definition) is 5. The number of nitriles is 1. The number of hydrogen-bond donors (Lipinski definition) is 0. The minimum absolute atomic E-state index is 0.0759. The maximum atomic E-state index is 14.3. The molecule has 1 saturated heterocycles. The molecule has 1 aliphatic heterocycles. The number of sulfonamides is 1. The third-order valence-corrected chi connectivity index (χ3v) is 6.43. The number of nitrogens with zero attached hydrogens (tertiary/aromatic N) is 3. The number of rotatable bonds is 4. The Morgan fingerprint density at radius 2 is 1.81 bits per heavy atom. The second kappa shape index (κ2) is 7.47. The van der Waals surface area contributed by atoms with Crippen LogP contribution in [-0.4, -0.2) is 44.7 Å². The van der Waals surface area contributed by atoms with Crippen LogP contribution < -0.4 is 4.90 Å². The van der Waals surface area contributed by atoms with Crippen LogP contribution in [0, 0.1) is 17.1 Å². The number of anilines is 1. The average molecular weight is 387 g/mol. The molecule has 0 aromatic heterocycles. The summed E-state index contributed by atoms with van der Waals surface area (Å²) in [6.45, 7) is 2.43. The van der Waals surface area contributed by atoms with E-state index < -0.39 is 15.8 Å². The second-order valence-corrected chi connectivity index (χ2v) is 8.19. The Morgan fingerprint density at radius 3 is 2.41 bits per heavy atom. The van der Waals surface area contributed by atoms with Crippen LogP contribution in [0.25, 0.3) is 0 Å². The van der Waals surface area contributed by atoms with Crippen LogP contribution in [0.4, 0.5) is 10.1 Å². The highest BCUT2D eigenvalue weighted by Gasteiger charge is 2.29. The minimum atomic E-state index is -3.71. The van der Waals surface area contributed by atoms with Crippen LogP contribution >= 0.6 is 0 Å². The zero-order chi connectivity index (χ0) is 19.6. The van der Waals surface area contributed by atoms with Crippen molar-refractivity contribution in [1.29, 1.82) is 5.26 Å². The van der Waals surface area contributed by atoms with Crippen molar-refractivity contribution in [2.24, 2.45) is 0 Å². The number of piperazine rings is 1. The normalized spacial score (nSPS) is 15.4. The molecular formula is C19H18FN3O3S. The maximum absolute atomic E-state index is 14.3. The molecule has 2 aromatic carbocycles. The van der Waals surface area contributed by atoms with Crippen molar-refractivity contribution in [2.45, 2.75) is 11.8 Å². The summed E-state index contributed by atoms with van der Waals surface area (Å²) in [6.07, 6.45) is 0. The van der Waals surface area contributed by atoms with Crippen molar-refractivity contribution < 1.29 is 17.6 Å². The predicted octanol–water partition coefficient (Wildman–Crippen LogP) is 2.41. The summed E-state index contributed by atoms with van der Waals surface area (Å²) in [7, 11) is -3.71. The van der Waals surface area contributed by atoms with Crippen molar-refractivity contribution in [1.82, 2.24) is 4.31 Å². The molecule has 0 radical (unpaired) electrons. The Kier molecular flexibility index (Phi) is 5.26. The standard InChI is InChI=1S/C19H18FN3O3S/c1-14(24)16-5-6-19(18(20)12-16)22-7-9-23(10-8-22)27(25,26)17-4-2-3-15(11-17)13-21/h2-6,11-12H,7-10H2,1H3. The van der Waals surface area contributed by atoms with Gasteiger partial charge in [-0.3, -0.25) is 4.79 Å². The van der Waals surface area contributed by atoms with Gasteiger partial charge < -0.3 is 4.90 Å². The molecular weight excluding hydrogens is 369 g/mol. The molecule has 0 N–H and O–H groups in total. The van der Waals surface area contributed by atoms with Gasteiger partial charge in [-0.2, -0.15) is 9.57 Å². The van der Waals surface area contributed by atoms with Crippen molar-refractivity contribution in [3.05, 3.63) is 59.4 Å². The number of benzene rings is 2. The van der Waals surface area contributed by atoms with E-state index >= 15 is 0 Å². The van der Waals surface area contributed by atoms with Gasteiger partial charge in [-0.05, 0) is 43.3 Å². The maximum Gasteiger partial charge on any atom is 0.243 e. The molecule has 2 aromatic rings. The van der Waals surface area contributed by atoms with E-state index in [9.17, 15) is 17.6 Å². The van der Waals surface area contributed by atoms with E-state index in [1.54, 1.807) is 23.1 Å². The van der Waals surface area contributed by atoms with Gasteiger partial charge >= 0.3 is 0 Å². The summed E-state index contributed by atoms with van der Waals surface area (Å²) >= 11 is 0. The molecule has 0 bridgehead atoms. The summed E-state index contributed by atoms with van der Waals surface area (Å²) < 4.78 is 41.2. The minimum Gasteiger partial charge on any atom is -0.367 e. The smallest absolute Gasteiger partial charge is 0.243 e. The first-order chi connectivity index (χ1) is 12.8. The molecule has 6 nitrogen and oxygen atoms in total. The molecule has 0 aliphatic carbocycles. The Labute approximate surface area is 157 Å². The van der Waals surface area contributed by atoms with E-state index in [0.717, 1.165) is 0 Å². The van der Waals surface area contributed by atoms with E-state index in [1.165, 1.54) is 35.5 Å². The summed E-state index contributed by atoms with van der Waals surface area (Å²) in [5, 5.41) is 8.96. The topological polar surface area (TPSA) is 81.5 Å². The number of carbonyl (C=O) groups excluding carboxylic acids is 1. The van der Waals surface area contributed by atoms with Crippen molar-refractivity contribution in [3.63, 3.8) is 0 Å². The van der Waals surface area contributed by atoms with E-state index in [2.05, 4.69) is 0 Å². The summed E-state index contributed by atoms with van der Waals surface area (Å²) in [5.74, 6) is -0.711. The lowest BCUT2D eigenvalue weighted by molar-refractivity contribution is 0.101. The highest BCUT2D eigenvalue weighted by molar-refractivity contribution is 7.89. The van der Waals surface area contributed by atoms with Crippen LogP contribution in [-0.2, 0) is 10.0 Å². The van der Waals surface area contributed by atoms with Gasteiger partial charge in [-0.25, -0.2) is 12.8 Å². The second-order valence-electron chi connectivity index (χ2n) is 6.25. The van der Waals surface area contributed by atoms with E-state index in [0.29, 0.717) is 24.3 Å². The van der Waals surface area contributed by atoms with Crippen molar-refractivity contribution in [2.75, 3.05) is 31.1 Å². The van der Waals surface area contributed by atoms with Gasteiger partial charge in [-0.1, -0.05) is 6.07 Å². The van der Waals surface area contributed by atoms with E-state index in [-0.39, 0.29) is 29.3 Å². The molecule has 1 fully saturated rings. The van der Waals surface area contributed by atoms with Crippen molar-refractivity contribution in [3.8, 4) is 6.07 Å². The first-order valence-electron chi connectivity index (χ1n) is 8.38. The first-order valence-corrected chi connectivity index (χ1v) is 9.82. The van der Waals surface area contributed by atoms with Gasteiger partial charge in [-0.15, -0.1) is 0 Å². The third kappa shape index (κ3) is 3.84. The zero-order valence-corrected chi connectivity index (χ0v) is 15.5. The van der Waals surface area contributed by atoms with Crippen LogP contribution in [0.2, 0.25) is 0 Å². The molecule has 1 aliphatic rings. The molecule has 140 valence electrons. The average Bonchev–Trinajstić information content (AvgIpc) is 2.68. The first kappa shape index (κ1) is 19.0. The van der Waals surface area contributed by atoms with Gasteiger partial charge in [0.05, 0.1) is 22.2 Å². The van der Waals surface area contributed by atoms with Gasteiger partial charge in [0, 0.05) is 31.7 Å². The Balaban J connectivity index is 1.75. The molecule has 3 rings (SSSR count). The molecule has 27 heavy (non-hydrogen) atoms. The van der Waals surface area contributed by atoms with Crippen molar-refractivity contribution >= 4 is 21.5 Å². The fourth-order valence-corrected chi connectivity index (χ4v) is 4.50. The molecule has 1 heterocycles. The SMILES string of the molecule is CC(=O)c1ccc(N2CCN(S(=O)(=O)c3cccc(C#N)c3)CC2)c(F)c1. The number of Topliss-reactive ketones (excluding diaryl/α,β-unsaturated/α-hetero) is 1. The number of carbonyl (C=O) groups is 1. The molecule has 0 unspecified atom stereocenters. The van der Waals surface area contributed by atoms with Gasteiger partial charge in [0.2, 0.25) is 10.0 Å². The van der Waals surface area contributed by atoms with Crippen LogP contribution in [0.1, 0.15) is 22.8 Å². The highest BCUT2D eigenvalue weighted by Crippen LogP contribution is 2.24. The number of ketones is 1. The van der Waals surface area contributed by atoms with E-state index in [4.69, 9.17) is 5.26 Å². The lowest BCUT2D eigenvalue weighted by Gasteiger charge is -2.35. The summed E-state index contributed by atoms with van der Waals surface area (Å²) in [4.78, 5) is 13.2. The van der Waals surface area contributed by atoms with Crippen LogP contribution in [0.15, 0.2) is 47.4 Å². The fourth-order valence-electron chi connectivity index (χ4n) is 3.03. The third-order valence-electron chi connectivity index (χ3n) is 4.53. The van der Waals surface area contributed by atoms with Crippen LogP contribution in [0.3, 0.4) is 0 Å². The predicted molar refractivity (Wildman–Crippen MR) is 98.5 cm³/mol. The van der Waals surface area contributed by atoms with Gasteiger partial charge in [0.1, 0.15) is 5.82 Å². The number of halogens is 1. The molecule has 0 saturated carbocycles. The molecule has 0 amide bonds. The zero-order valence-electron chi connectivity index (χ0n) is 14.7. The Morgan fingerprint density at radius 1 is 1.11 bits per heavy atom. The van der Waals surface area contributed by atoms with Gasteiger partial charge in [0.25, 0.3) is 0 Å². The largest absolute Gasteiger partial charge is 0.367 e. The lowest BCUT2D eigenvalue weighted by Crippen LogP contribution is -2.48. The summed E-state index contributed by atoms with van der Waals surface area (Å²) in [6, 6.07) is 12.1. The van der Waals surface area contributed by atoms with Crippen LogP contribution in [0.5, 0.6) is 0 Å². The van der Waals surface area contributed by atoms with E-state index in [1.807, 2.05) is 6.07 Å².